The van der Waals surface area contributed by atoms with Gasteiger partial charge >= 0.3 is 0 Å². The molecular weight excluding hydrogens is 280 g/mol. The highest BCUT2D eigenvalue weighted by molar-refractivity contribution is 7.13. The molecule has 1 aromatic rings. The fraction of sp³-hybridized carbons (Fsp3) is 0.538. The summed E-state index contributed by atoms with van der Waals surface area (Å²) in [6.45, 7) is 2.96. The summed E-state index contributed by atoms with van der Waals surface area (Å²) in [6, 6.07) is 3.29. The van der Waals surface area contributed by atoms with E-state index >= 15 is 0 Å². The van der Waals surface area contributed by atoms with Crippen molar-refractivity contribution in [1.82, 2.24) is 10.2 Å². The largest absolute Gasteiger partial charge is 0.394 e. The number of morpholine rings is 1. The Balaban J connectivity index is 1.86. The first-order chi connectivity index (χ1) is 9.61. The molecule has 0 aromatic carbocycles. The second-order valence-corrected chi connectivity index (χ2v) is 5.88. The van der Waals surface area contributed by atoms with Gasteiger partial charge in [0.05, 0.1) is 37.3 Å². The van der Waals surface area contributed by atoms with Gasteiger partial charge in [-0.05, 0) is 19.1 Å². The molecule has 1 aliphatic heterocycles. The number of amides is 2. The molecule has 1 aliphatic rings. The molecule has 0 aliphatic carbocycles. The third-order valence-electron chi connectivity index (χ3n) is 3.12. The quantitative estimate of drug-likeness (QED) is 0.820. The highest BCUT2D eigenvalue weighted by Crippen LogP contribution is 2.14. The van der Waals surface area contributed by atoms with Crippen LogP contribution in [0.25, 0.3) is 0 Å². The second-order valence-electron chi connectivity index (χ2n) is 4.59. The third-order valence-corrected chi connectivity index (χ3v) is 4.12. The molecule has 0 spiro atoms. The zero-order valence-electron chi connectivity index (χ0n) is 11.3. The van der Waals surface area contributed by atoms with Crippen molar-refractivity contribution in [1.29, 1.82) is 0 Å². The number of carbonyl (C=O) groups excluding carboxylic acids is 2. The van der Waals surface area contributed by atoms with Gasteiger partial charge < -0.3 is 20.1 Å². The molecule has 0 saturated carbocycles. The fourth-order valence-electron chi connectivity index (χ4n) is 2.04. The van der Waals surface area contributed by atoms with Crippen LogP contribution in [-0.4, -0.2) is 60.8 Å². The molecular formula is C13H18N2O4S. The van der Waals surface area contributed by atoms with Crippen LogP contribution in [-0.2, 0) is 9.53 Å². The van der Waals surface area contributed by atoms with Crippen molar-refractivity contribution in [3.05, 3.63) is 21.9 Å². The van der Waals surface area contributed by atoms with Gasteiger partial charge in [-0.15, -0.1) is 11.3 Å². The number of nitrogens with zero attached hydrogens (tertiary/aromatic N) is 1. The molecule has 1 fully saturated rings. The standard InChI is InChI=1S/C13H18N2O4S/c1-9-2-3-11(20-9)13(18)14-6-12(17)15-4-5-19-8-10(15)7-16/h2-3,10,16H,4-8H2,1H3,(H,14,18). The molecule has 110 valence electrons. The number of thiophene rings is 1. The fourth-order valence-corrected chi connectivity index (χ4v) is 2.82. The van der Waals surface area contributed by atoms with E-state index in [0.29, 0.717) is 24.6 Å². The number of ether oxygens (including phenoxy) is 1. The van der Waals surface area contributed by atoms with Crippen LogP contribution in [0.2, 0.25) is 0 Å². The molecule has 1 saturated heterocycles. The molecule has 2 rings (SSSR count). The van der Waals surface area contributed by atoms with Crippen LogP contribution in [0, 0.1) is 6.92 Å². The Labute approximate surface area is 121 Å². The Kier molecular flexibility index (Phi) is 5.11. The van der Waals surface area contributed by atoms with Crippen molar-refractivity contribution in [2.45, 2.75) is 13.0 Å². The van der Waals surface area contributed by atoms with Gasteiger partial charge in [-0.1, -0.05) is 0 Å². The van der Waals surface area contributed by atoms with Crippen LogP contribution in [0.15, 0.2) is 12.1 Å². The molecule has 1 unspecified atom stereocenters. The van der Waals surface area contributed by atoms with E-state index in [2.05, 4.69) is 5.32 Å². The first kappa shape index (κ1) is 15.0. The Morgan fingerprint density at radius 3 is 3.00 bits per heavy atom. The molecule has 2 heterocycles. The highest BCUT2D eigenvalue weighted by Gasteiger charge is 2.26. The number of carbonyl (C=O) groups is 2. The monoisotopic (exact) mass is 298 g/mol. The van der Waals surface area contributed by atoms with Crippen LogP contribution < -0.4 is 5.32 Å². The van der Waals surface area contributed by atoms with E-state index in [1.807, 2.05) is 13.0 Å². The maximum absolute atomic E-state index is 12.1. The first-order valence-corrected chi connectivity index (χ1v) is 7.26. The van der Waals surface area contributed by atoms with Crippen LogP contribution in [0.4, 0.5) is 0 Å². The van der Waals surface area contributed by atoms with Crippen molar-refractivity contribution in [2.24, 2.45) is 0 Å². The molecule has 6 nitrogen and oxygen atoms in total. The van der Waals surface area contributed by atoms with E-state index in [9.17, 15) is 14.7 Å². The zero-order chi connectivity index (χ0) is 14.5. The third kappa shape index (κ3) is 3.56. The summed E-state index contributed by atoms with van der Waals surface area (Å²) in [5.41, 5.74) is 0. The van der Waals surface area contributed by atoms with E-state index in [1.54, 1.807) is 11.0 Å². The van der Waals surface area contributed by atoms with E-state index in [1.165, 1.54) is 11.3 Å². The summed E-state index contributed by atoms with van der Waals surface area (Å²) in [6.07, 6.45) is 0. The average molecular weight is 298 g/mol. The molecule has 0 radical (unpaired) electrons. The van der Waals surface area contributed by atoms with Gasteiger partial charge in [0, 0.05) is 11.4 Å². The topological polar surface area (TPSA) is 78.9 Å². The summed E-state index contributed by atoms with van der Waals surface area (Å²) >= 11 is 1.39. The van der Waals surface area contributed by atoms with Gasteiger partial charge in [0.25, 0.3) is 5.91 Å². The Morgan fingerprint density at radius 2 is 2.35 bits per heavy atom. The van der Waals surface area contributed by atoms with Crippen LogP contribution in [0.1, 0.15) is 14.5 Å². The van der Waals surface area contributed by atoms with Gasteiger partial charge in [-0.3, -0.25) is 9.59 Å². The number of aliphatic hydroxyl groups is 1. The number of nitrogens with one attached hydrogen (secondary N) is 1. The maximum Gasteiger partial charge on any atom is 0.261 e. The minimum atomic E-state index is -0.322. The van der Waals surface area contributed by atoms with Gasteiger partial charge in [-0.25, -0.2) is 0 Å². The van der Waals surface area contributed by atoms with E-state index < -0.39 is 0 Å². The molecule has 7 heteroatoms. The van der Waals surface area contributed by atoms with Crippen molar-refractivity contribution >= 4 is 23.2 Å². The lowest BCUT2D eigenvalue weighted by Crippen LogP contribution is -2.53. The van der Waals surface area contributed by atoms with Crippen LogP contribution in [0.5, 0.6) is 0 Å². The van der Waals surface area contributed by atoms with Crippen molar-refractivity contribution in [3.63, 3.8) is 0 Å². The number of aliphatic hydroxyl groups excluding tert-OH is 1. The normalized spacial score (nSPS) is 18.9. The SMILES string of the molecule is Cc1ccc(C(=O)NCC(=O)N2CCOCC2CO)s1. The minimum Gasteiger partial charge on any atom is -0.394 e. The predicted molar refractivity (Wildman–Crippen MR) is 74.8 cm³/mol. The molecule has 2 amide bonds. The smallest absolute Gasteiger partial charge is 0.261 e. The lowest BCUT2D eigenvalue weighted by Gasteiger charge is -2.34. The predicted octanol–water partition coefficient (Wildman–Crippen LogP) is 0.00602. The summed E-state index contributed by atoms with van der Waals surface area (Å²) in [7, 11) is 0. The second kappa shape index (κ2) is 6.83. The molecule has 2 N–H and O–H groups in total. The number of hydrogen-bond donors (Lipinski definition) is 2. The van der Waals surface area contributed by atoms with Crippen LogP contribution in [0.3, 0.4) is 0 Å². The maximum atomic E-state index is 12.1. The first-order valence-electron chi connectivity index (χ1n) is 6.44. The van der Waals surface area contributed by atoms with Crippen molar-refractivity contribution < 1.29 is 19.4 Å². The number of hydrogen-bond acceptors (Lipinski definition) is 5. The van der Waals surface area contributed by atoms with Gasteiger partial charge in [0.1, 0.15) is 0 Å². The van der Waals surface area contributed by atoms with E-state index in [-0.39, 0.29) is 31.0 Å². The van der Waals surface area contributed by atoms with Gasteiger partial charge in [0.2, 0.25) is 5.91 Å². The minimum absolute atomic E-state index is 0.0632. The molecule has 20 heavy (non-hydrogen) atoms. The average Bonchev–Trinajstić information content (AvgIpc) is 2.91. The van der Waals surface area contributed by atoms with E-state index in [4.69, 9.17) is 4.74 Å². The zero-order valence-corrected chi connectivity index (χ0v) is 12.1. The Hall–Kier alpha value is -1.44. The number of aryl methyl sites for hydroxylation is 1. The summed E-state index contributed by atoms with van der Waals surface area (Å²) in [5, 5.41) is 11.8. The number of rotatable bonds is 4. The van der Waals surface area contributed by atoms with Gasteiger partial charge in [-0.2, -0.15) is 0 Å². The highest BCUT2D eigenvalue weighted by atomic mass is 32.1. The molecule has 1 aromatic heterocycles. The lowest BCUT2D eigenvalue weighted by atomic mass is 10.2. The summed E-state index contributed by atoms with van der Waals surface area (Å²) < 4.78 is 5.21. The van der Waals surface area contributed by atoms with Gasteiger partial charge in [0.15, 0.2) is 0 Å². The molecule has 0 bridgehead atoms. The summed E-state index contributed by atoms with van der Waals surface area (Å²) in [5.74, 6) is -0.445. The Morgan fingerprint density at radius 1 is 1.55 bits per heavy atom. The van der Waals surface area contributed by atoms with E-state index in [0.717, 1.165) is 4.88 Å². The van der Waals surface area contributed by atoms with Crippen molar-refractivity contribution in [2.75, 3.05) is 32.9 Å². The molecule has 1 atom stereocenters. The Bertz CT molecular complexity index is 488. The van der Waals surface area contributed by atoms with Crippen LogP contribution >= 0.6 is 11.3 Å². The lowest BCUT2D eigenvalue weighted by molar-refractivity contribution is -0.140. The van der Waals surface area contributed by atoms with Crippen molar-refractivity contribution in [3.8, 4) is 0 Å². The summed E-state index contributed by atoms with van der Waals surface area (Å²) in [4.78, 5) is 27.1.